The first-order chi connectivity index (χ1) is 9.49. The van der Waals surface area contributed by atoms with Gasteiger partial charge in [0.05, 0.1) is 6.04 Å². The van der Waals surface area contributed by atoms with Gasteiger partial charge < -0.3 is 15.2 Å². The molecule has 2 heterocycles. The normalized spacial score (nSPS) is 15.5. The van der Waals surface area contributed by atoms with Crippen LogP contribution in [0.25, 0.3) is 0 Å². The molecule has 0 fully saturated rings. The van der Waals surface area contributed by atoms with Crippen LogP contribution in [0.3, 0.4) is 0 Å². The molecule has 1 unspecified atom stereocenters. The minimum atomic E-state index is -0.132. The number of aryl methyl sites for hydroxylation is 1. The topological polar surface area (TPSA) is 71.8 Å². The van der Waals surface area contributed by atoms with E-state index in [2.05, 4.69) is 53.1 Å². The summed E-state index contributed by atoms with van der Waals surface area (Å²) >= 11 is 0. The number of hydrogen-bond donors (Lipinski definition) is 2. The number of nitrogens with zero attached hydrogens (tertiary/aromatic N) is 3. The monoisotopic (exact) mass is 279 g/mol. The maximum Gasteiger partial charge on any atom is 0.315 e. The van der Waals surface area contributed by atoms with Crippen LogP contribution in [-0.2, 0) is 13.0 Å². The van der Waals surface area contributed by atoms with Crippen LogP contribution in [0.4, 0.5) is 4.79 Å². The summed E-state index contributed by atoms with van der Waals surface area (Å²) in [4.78, 5) is 12.0. The third-order valence-corrected chi connectivity index (χ3v) is 3.54. The number of rotatable bonds is 5. The Bertz CT molecular complexity index is 466. The van der Waals surface area contributed by atoms with E-state index in [-0.39, 0.29) is 18.0 Å². The summed E-state index contributed by atoms with van der Waals surface area (Å²) < 4.78 is 2.15. The van der Waals surface area contributed by atoms with Crippen molar-refractivity contribution in [3.8, 4) is 0 Å². The molecular formula is C14H25N5O. The van der Waals surface area contributed by atoms with E-state index in [1.165, 1.54) is 0 Å². The van der Waals surface area contributed by atoms with E-state index < -0.39 is 0 Å². The van der Waals surface area contributed by atoms with Gasteiger partial charge >= 0.3 is 6.03 Å². The van der Waals surface area contributed by atoms with Gasteiger partial charge in [-0.05, 0) is 18.3 Å². The Labute approximate surface area is 120 Å². The maximum atomic E-state index is 12.0. The molecule has 6 heteroatoms. The highest BCUT2D eigenvalue weighted by Gasteiger charge is 2.27. The molecule has 1 atom stereocenters. The lowest BCUT2D eigenvalue weighted by Crippen LogP contribution is -2.42. The van der Waals surface area contributed by atoms with E-state index in [1.54, 1.807) is 0 Å². The molecule has 2 amide bonds. The molecule has 1 aliphatic rings. The van der Waals surface area contributed by atoms with E-state index in [0.29, 0.717) is 12.5 Å². The van der Waals surface area contributed by atoms with Crippen molar-refractivity contribution < 1.29 is 4.79 Å². The van der Waals surface area contributed by atoms with Gasteiger partial charge in [-0.1, -0.05) is 27.7 Å². The zero-order chi connectivity index (χ0) is 14.7. The molecule has 20 heavy (non-hydrogen) atoms. The highest BCUT2D eigenvalue weighted by Crippen LogP contribution is 2.24. The molecule has 2 N–H and O–H groups in total. The van der Waals surface area contributed by atoms with Gasteiger partial charge in [-0.2, -0.15) is 0 Å². The van der Waals surface area contributed by atoms with Crippen LogP contribution < -0.4 is 10.6 Å². The van der Waals surface area contributed by atoms with Crippen molar-refractivity contribution in [3.63, 3.8) is 0 Å². The van der Waals surface area contributed by atoms with Gasteiger partial charge in [-0.25, -0.2) is 4.79 Å². The molecule has 2 rings (SSSR count). The van der Waals surface area contributed by atoms with Crippen LogP contribution in [0.5, 0.6) is 0 Å². The Morgan fingerprint density at radius 2 is 2.05 bits per heavy atom. The van der Waals surface area contributed by atoms with Gasteiger partial charge in [0.1, 0.15) is 5.82 Å². The van der Waals surface area contributed by atoms with Crippen molar-refractivity contribution in [1.82, 2.24) is 25.4 Å². The minimum Gasteiger partial charge on any atom is -0.338 e. The Balaban J connectivity index is 2.05. The number of amides is 2. The van der Waals surface area contributed by atoms with Gasteiger partial charge in [-0.15, -0.1) is 10.2 Å². The second-order valence-corrected chi connectivity index (χ2v) is 6.20. The number of urea groups is 1. The number of hydrogen-bond acceptors (Lipinski definition) is 3. The van der Waals surface area contributed by atoms with E-state index in [9.17, 15) is 4.79 Å². The molecule has 112 valence electrons. The highest BCUT2D eigenvalue weighted by atomic mass is 16.2. The minimum absolute atomic E-state index is 0.0958. The number of carbonyl (C=O) groups excluding carboxylic acids is 1. The van der Waals surface area contributed by atoms with Gasteiger partial charge in [0.2, 0.25) is 0 Å². The van der Waals surface area contributed by atoms with Crippen LogP contribution in [0, 0.1) is 11.8 Å². The summed E-state index contributed by atoms with van der Waals surface area (Å²) in [7, 11) is 0. The Morgan fingerprint density at radius 1 is 1.30 bits per heavy atom. The van der Waals surface area contributed by atoms with Gasteiger partial charge in [0, 0.05) is 19.5 Å². The number of aromatic nitrogens is 3. The first kappa shape index (κ1) is 14.8. The molecule has 0 radical (unpaired) electrons. The lowest BCUT2D eigenvalue weighted by Gasteiger charge is -2.22. The first-order valence-electron chi connectivity index (χ1n) is 7.45. The lowest BCUT2D eigenvalue weighted by atomic mass is 10.0. The fourth-order valence-electron chi connectivity index (χ4n) is 2.42. The zero-order valence-electron chi connectivity index (χ0n) is 12.8. The van der Waals surface area contributed by atoms with Gasteiger partial charge in [0.15, 0.2) is 5.82 Å². The summed E-state index contributed by atoms with van der Waals surface area (Å²) in [5, 5.41) is 14.4. The zero-order valence-corrected chi connectivity index (χ0v) is 12.8. The fourth-order valence-corrected chi connectivity index (χ4v) is 2.42. The Morgan fingerprint density at radius 3 is 2.70 bits per heavy atom. The predicted molar refractivity (Wildman–Crippen MR) is 77.3 cm³/mol. The molecule has 0 aliphatic carbocycles. The molecule has 1 aromatic heterocycles. The van der Waals surface area contributed by atoms with Crippen LogP contribution in [0.1, 0.15) is 51.8 Å². The third kappa shape index (κ3) is 3.29. The average molecular weight is 279 g/mol. The third-order valence-electron chi connectivity index (χ3n) is 3.54. The summed E-state index contributed by atoms with van der Waals surface area (Å²) in [6.07, 6.45) is 2.10. The van der Waals surface area contributed by atoms with Crippen LogP contribution in [0.2, 0.25) is 0 Å². The predicted octanol–water partition coefficient (Wildman–Crippen LogP) is 1.88. The van der Waals surface area contributed by atoms with Crippen molar-refractivity contribution in [2.75, 3.05) is 6.54 Å². The van der Waals surface area contributed by atoms with Crippen molar-refractivity contribution in [3.05, 3.63) is 11.6 Å². The number of carbonyl (C=O) groups is 1. The van der Waals surface area contributed by atoms with Crippen molar-refractivity contribution in [2.24, 2.45) is 11.8 Å². The van der Waals surface area contributed by atoms with Gasteiger partial charge in [0.25, 0.3) is 0 Å². The van der Waals surface area contributed by atoms with Crippen LogP contribution in [-0.4, -0.2) is 27.3 Å². The molecule has 0 aromatic carbocycles. The smallest absolute Gasteiger partial charge is 0.315 e. The molecule has 1 aliphatic heterocycles. The first-order valence-corrected chi connectivity index (χ1v) is 7.45. The Kier molecular flexibility index (Phi) is 4.62. The highest BCUT2D eigenvalue weighted by molar-refractivity contribution is 5.74. The number of fused-ring (bicyclic) bond motifs is 1. The molecule has 0 saturated carbocycles. The molecule has 0 bridgehead atoms. The summed E-state index contributed by atoms with van der Waals surface area (Å²) in [5.41, 5.74) is 0. The van der Waals surface area contributed by atoms with Crippen LogP contribution >= 0.6 is 0 Å². The summed E-state index contributed by atoms with van der Waals surface area (Å²) in [6, 6.07) is -0.228. The van der Waals surface area contributed by atoms with E-state index in [0.717, 1.165) is 31.0 Å². The quantitative estimate of drug-likeness (QED) is 0.864. The second-order valence-electron chi connectivity index (χ2n) is 6.20. The standard InChI is InChI=1S/C14H25N5O/c1-9(2)8-15-14(20)16-12(10(3)4)13-18-17-11-6-5-7-19(11)13/h9-10,12H,5-8H2,1-4H3,(H2,15,16,20). The molecule has 1 aromatic rings. The second kappa shape index (κ2) is 6.24. The van der Waals surface area contributed by atoms with Crippen molar-refractivity contribution >= 4 is 6.03 Å². The van der Waals surface area contributed by atoms with Crippen molar-refractivity contribution in [1.29, 1.82) is 0 Å². The molecular weight excluding hydrogens is 254 g/mol. The maximum absolute atomic E-state index is 12.0. The SMILES string of the molecule is CC(C)CNC(=O)NC(c1nnc2n1CCC2)C(C)C. The average Bonchev–Trinajstić information content (AvgIpc) is 2.95. The van der Waals surface area contributed by atoms with E-state index in [1.807, 2.05) is 0 Å². The van der Waals surface area contributed by atoms with Gasteiger partial charge in [-0.3, -0.25) is 0 Å². The lowest BCUT2D eigenvalue weighted by molar-refractivity contribution is 0.230. The fraction of sp³-hybridized carbons (Fsp3) is 0.786. The van der Waals surface area contributed by atoms with E-state index in [4.69, 9.17) is 0 Å². The molecule has 0 spiro atoms. The largest absolute Gasteiger partial charge is 0.338 e. The van der Waals surface area contributed by atoms with E-state index >= 15 is 0 Å². The number of nitrogens with one attached hydrogen (secondary N) is 2. The summed E-state index contributed by atoms with van der Waals surface area (Å²) in [6.45, 7) is 9.95. The summed E-state index contributed by atoms with van der Waals surface area (Å²) in [5.74, 6) is 2.63. The molecule has 0 saturated heterocycles. The molecule has 6 nitrogen and oxygen atoms in total. The Hall–Kier alpha value is -1.59. The van der Waals surface area contributed by atoms with Crippen LogP contribution in [0.15, 0.2) is 0 Å². The van der Waals surface area contributed by atoms with Crippen molar-refractivity contribution in [2.45, 2.75) is 53.1 Å².